The van der Waals surface area contributed by atoms with E-state index >= 15 is 0 Å². The van der Waals surface area contributed by atoms with Crippen molar-refractivity contribution in [2.45, 2.75) is 170 Å². The first-order valence-electron chi connectivity index (χ1n) is 23.5. The van der Waals surface area contributed by atoms with Crippen LogP contribution in [0.1, 0.15) is 146 Å². The Balaban J connectivity index is 7.29. The Morgan fingerprint density at radius 3 is 0.684 bits per heavy atom. The van der Waals surface area contributed by atoms with Gasteiger partial charge in [0.2, 0.25) is 0 Å². The largest absolute Gasteiger partial charge is 0.493 e. The van der Waals surface area contributed by atoms with E-state index < -0.39 is 35.2 Å². The Kier molecular flexibility index (Phi) is 38.3. The maximum Gasteiger partial charge on any atom is 0.493 e. The van der Waals surface area contributed by atoms with Crippen molar-refractivity contribution >= 4 is 35.2 Å². The summed E-state index contributed by atoms with van der Waals surface area (Å²) in [5.41, 5.74) is 0. The van der Waals surface area contributed by atoms with Crippen LogP contribution in [0.4, 0.5) is 0 Å². The fraction of sp³-hybridized carbons (Fsp3) is 1.00. The first kappa shape index (κ1) is 57.3. The van der Waals surface area contributed by atoms with E-state index in [4.69, 9.17) is 38.9 Å². The van der Waals surface area contributed by atoms with E-state index in [2.05, 4.69) is 49.0 Å². The number of nitrogens with one attached hydrogen (secondary N) is 4. The lowest BCUT2D eigenvalue weighted by atomic mass is 10.3. The van der Waals surface area contributed by atoms with Crippen LogP contribution in [-0.2, 0) is 38.9 Å². The molecule has 2 atom stereocenters. The van der Waals surface area contributed by atoms with E-state index in [9.17, 15) is 0 Å². The highest BCUT2D eigenvalue weighted by molar-refractivity contribution is 6.84. The summed E-state index contributed by atoms with van der Waals surface area (Å²) >= 11 is 0. The lowest BCUT2D eigenvalue weighted by Crippen LogP contribution is -2.67. The van der Waals surface area contributed by atoms with Crippen LogP contribution < -0.4 is 21.3 Å². The van der Waals surface area contributed by atoms with E-state index in [1.54, 1.807) is 0 Å². The second-order valence-electron chi connectivity index (χ2n) is 14.5. The molecule has 13 nitrogen and oxygen atoms in total. The summed E-state index contributed by atoms with van der Waals surface area (Å²) in [6, 6.07) is 2.45. The molecule has 17 heteroatoms. The molecule has 0 fully saturated rings. The Labute approximate surface area is 356 Å². The van der Waals surface area contributed by atoms with Gasteiger partial charge in [-0.05, 0) is 145 Å². The SMILES string of the molecule is CCCCNCCC[Si](OCC)(OCC)O[Si](CCCNCCCC)(OCC)O[Si](CCCNCCCC)(OCC)O[Si](CCCNCCCC)(OCC)OCC. The third-order valence-electron chi connectivity index (χ3n) is 9.29. The topological polar surface area (TPSA) is 131 Å². The molecule has 0 aliphatic rings. The van der Waals surface area contributed by atoms with Gasteiger partial charge in [-0.15, -0.1) is 0 Å². The van der Waals surface area contributed by atoms with E-state index in [1.165, 1.54) is 0 Å². The Morgan fingerprint density at radius 1 is 0.263 bits per heavy atom. The average molecular weight is 888 g/mol. The van der Waals surface area contributed by atoms with E-state index in [0.717, 1.165) is 129 Å². The molecule has 0 radical (unpaired) electrons. The summed E-state index contributed by atoms with van der Waals surface area (Å²) in [4.78, 5) is 0. The predicted molar refractivity (Wildman–Crippen MR) is 245 cm³/mol. The molecule has 0 rings (SSSR count). The van der Waals surface area contributed by atoms with Gasteiger partial charge in [-0.25, -0.2) is 0 Å². The lowest BCUT2D eigenvalue weighted by Gasteiger charge is -2.45. The molecule has 0 aromatic rings. The van der Waals surface area contributed by atoms with Gasteiger partial charge in [0.1, 0.15) is 0 Å². The molecule has 0 aromatic carbocycles. The summed E-state index contributed by atoms with van der Waals surface area (Å²) < 4.78 is 62.9. The Morgan fingerprint density at radius 2 is 0.456 bits per heavy atom. The van der Waals surface area contributed by atoms with Crippen LogP contribution in [0.5, 0.6) is 0 Å². The molecule has 0 saturated heterocycles. The third-order valence-corrected chi connectivity index (χ3v) is 25.0. The van der Waals surface area contributed by atoms with Crippen molar-refractivity contribution in [3.63, 3.8) is 0 Å². The van der Waals surface area contributed by atoms with Gasteiger partial charge in [-0.1, -0.05) is 53.4 Å². The fourth-order valence-corrected chi connectivity index (χ4v) is 23.8. The number of rotatable bonds is 46. The minimum absolute atomic E-state index is 0.412. The zero-order chi connectivity index (χ0) is 42.4. The first-order chi connectivity index (χ1) is 27.7. The number of unbranched alkanes of at least 4 members (excludes halogenated alkanes) is 4. The van der Waals surface area contributed by atoms with Gasteiger partial charge in [0, 0.05) is 63.8 Å². The molecule has 0 heterocycles. The molecular weight excluding hydrogens is 793 g/mol. The van der Waals surface area contributed by atoms with Gasteiger partial charge in [-0.3, -0.25) is 0 Å². The monoisotopic (exact) mass is 887 g/mol. The molecule has 344 valence electrons. The standard InChI is InChI=1S/C40H94N4O9Si4/c1-11-21-29-41-33-25-37-54(45-15-5,46-16-6)51-56(49-19-9,39-27-35-43-31-23-13-3)53-57(50-20-10,40-28-36-44-32-24-14-4)52-55(47-17-7,48-18-8)38-26-34-42-30-22-12-2/h41-44H,11-40H2,1-10H3. The highest BCUT2D eigenvalue weighted by Crippen LogP contribution is 2.36. The summed E-state index contributed by atoms with van der Waals surface area (Å²) in [6.07, 6.45) is 12.5. The normalized spacial score (nSPS) is 14.6. The molecule has 0 bridgehead atoms. The van der Waals surface area contributed by atoms with Crippen LogP contribution in [0.3, 0.4) is 0 Å². The third kappa shape index (κ3) is 27.1. The van der Waals surface area contributed by atoms with Crippen LogP contribution in [0.25, 0.3) is 0 Å². The van der Waals surface area contributed by atoms with E-state index in [0.29, 0.717) is 63.8 Å². The molecular formula is C40H94N4O9Si4. The summed E-state index contributed by atoms with van der Waals surface area (Å²) in [5, 5.41) is 14.5. The van der Waals surface area contributed by atoms with Gasteiger partial charge >= 0.3 is 35.2 Å². The molecule has 0 aromatic heterocycles. The molecule has 0 spiro atoms. The number of hydrogen-bond donors (Lipinski definition) is 4. The van der Waals surface area contributed by atoms with Crippen LogP contribution in [0.2, 0.25) is 24.2 Å². The van der Waals surface area contributed by atoms with Crippen molar-refractivity contribution in [2.24, 2.45) is 0 Å². The predicted octanol–water partition coefficient (Wildman–Crippen LogP) is 8.13. The van der Waals surface area contributed by atoms with Gasteiger partial charge in [0.25, 0.3) is 0 Å². The maximum atomic E-state index is 7.63. The zero-order valence-corrected chi connectivity index (χ0v) is 42.9. The Bertz CT molecular complexity index is 806. The van der Waals surface area contributed by atoms with Gasteiger partial charge < -0.3 is 60.2 Å². The molecule has 57 heavy (non-hydrogen) atoms. The van der Waals surface area contributed by atoms with Crippen molar-refractivity contribution in [3.8, 4) is 0 Å². The quantitative estimate of drug-likeness (QED) is 0.0347. The van der Waals surface area contributed by atoms with Crippen LogP contribution in [0.15, 0.2) is 0 Å². The second kappa shape index (κ2) is 38.1. The summed E-state index contributed by atoms with van der Waals surface area (Å²) in [6.45, 7) is 31.0. The summed E-state index contributed by atoms with van der Waals surface area (Å²) in [7, 11) is -14.0. The maximum absolute atomic E-state index is 7.63. The van der Waals surface area contributed by atoms with Crippen LogP contribution in [-0.4, -0.2) is 127 Å². The Hall–Kier alpha value is 0.348. The van der Waals surface area contributed by atoms with Crippen molar-refractivity contribution in [2.75, 3.05) is 92.0 Å². The van der Waals surface area contributed by atoms with Gasteiger partial charge in [-0.2, -0.15) is 0 Å². The van der Waals surface area contributed by atoms with E-state index in [-0.39, 0.29) is 0 Å². The molecule has 0 saturated carbocycles. The fourth-order valence-electron chi connectivity index (χ4n) is 6.56. The van der Waals surface area contributed by atoms with E-state index in [1.807, 2.05) is 41.5 Å². The average Bonchev–Trinajstić information content (AvgIpc) is 3.18. The highest BCUT2D eigenvalue weighted by atomic mass is 28.5. The van der Waals surface area contributed by atoms with Crippen molar-refractivity contribution in [3.05, 3.63) is 0 Å². The summed E-state index contributed by atoms with van der Waals surface area (Å²) in [5.74, 6) is 0. The van der Waals surface area contributed by atoms with Crippen molar-refractivity contribution in [1.82, 2.24) is 21.3 Å². The van der Waals surface area contributed by atoms with Crippen LogP contribution >= 0.6 is 0 Å². The van der Waals surface area contributed by atoms with Gasteiger partial charge in [0.15, 0.2) is 0 Å². The minimum Gasteiger partial charge on any atom is -0.375 e. The second-order valence-corrected chi connectivity index (χ2v) is 26.1. The minimum atomic E-state index is -3.67. The van der Waals surface area contributed by atoms with Crippen LogP contribution in [0, 0.1) is 0 Å². The van der Waals surface area contributed by atoms with Crippen molar-refractivity contribution < 1.29 is 38.9 Å². The lowest BCUT2D eigenvalue weighted by molar-refractivity contribution is 0.0339. The smallest absolute Gasteiger partial charge is 0.375 e. The molecule has 0 aliphatic carbocycles. The molecule has 4 N–H and O–H groups in total. The molecule has 2 unspecified atom stereocenters. The van der Waals surface area contributed by atoms with Gasteiger partial charge in [0.05, 0.1) is 0 Å². The zero-order valence-electron chi connectivity index (χ0n) is 38.9. The van der Waals surface area contributed by atoms with Crippen molar-refractivity contribution in [1.29, 1.82) is 0 Å². The number of hydrogen-bond acceptors (Lipinski definition) is 13. The molecule has 0 aliphatic heterocycles. The highest BCUT2D eigenvalue weighted by Gasteiger charge is 2.62. The first-order valence-corrected chi connectivity index (χ1v) is 31.2. The molecule has 0 amide bonds.